The van der Waals surface area contributed by atoms with Gasteiger partial charge in [0.15, 0.2) is 0 Å². The Morgan fingerprint density at radius 3 is 3.07 bits per heavy atom. The van der Waals surface area contributed by atoms with Crippen LogP contribution in [0.1, 0.15) is 11.5 Å². The Hall–Kier alpha value is -1.53. The van der Waals surface area contributed by atoms with Crippen molar-refractivity contribution in [1.82, 2.24) is 5.32 Å². The lowest BCUT2D eigenvalue weighted by Crippen LogP contribution is -2.08. The molecular formula is C12H14N2O. The van der Waals surface area contributed by atoms with E-state index in [4.69, 9.17) is 10.00 Å². The average Bonchev–Trinajstić information content (AvgIpc) is 2.77. The van der Waals surface area contributed by atoms with E-state index < -0.39 is 0 Å². The normalized spacial score (nSPS) is 24.8. The van der Waals surface area contributed by atoms with E-state index in [9.17, 15) is 0 Å². The van der Waals surface area contributed by atoms with Gasteiger partial charge in [-0.25, -0.2) is 0 Å². The van der Waals surface area contributed by atoms with Gasteiger partial charge in [-0.3, -0.25) is 0 Å². The molecule has 1 N–H and O–H groups in total. The lowest BCUT2D eigenvalue weighted by Gasteiger charge is -2.13. The highest BCUT2D eigenvalue weighted by molar-refractivity contribution is 5.33. The number of nitrogens with one attached hydrogen (secondary N) is 1. The minimum absolute atomic E-state index is 0.0807. The Morgan fingerprint density at radius 1 is 1.47 bits per heavy atom. The summed E-state index contributed by atoms with van der Waals surface area (Å²) < 4.78 is 5.18. The number of benzene rings is 1. The summed E-state index contributed by atoms with van der Waals surface area (Å²) in [4.78, 5) is 0. The maximum atomic E-state index is 9.00. The van der Waals surface area contributed by atoms with Crippen LogP contribution < -0.4 is 10.1 Å². The van der Waals surface area contributed by atoms with E-state index in [1.165, 1.54) is 5.56 Å². The second kappa shape index (κ2) is 4.33. The molecule has 0 saturated carbocycles. The Balaban J connectivity index is 2.25. The number of nitrogens with zero attached hydrogens (tertiary/aromatic N) is 1. The fraction of sp³-hybridized carbons (Fsp3) is 0.417. The summed E-state index contributed by atoms with van der Waals surface area (Å²) in [7, 11) is 1.66. The molecule has 0 aromatic heterocycles. The van der Waals surface area contributed by atoms with Gasteiger partial charge in [0.25, 0.3) is 0 Å². The molecule has 1 fully saturated rings. The molecule has 1 aliphatic heterocycles. The van der Waals surface area contributed by atoms with Crippen LogP contribution in [0.5, 0.6) is 5.75 Å². The largest absolute Gasteiger partial charge is 0.497 e. The fourth-order valence-corrected chi connectivity index (χ4v) is 2.04. The highest BCUT2D eigenvalue weighted by Gasteiger charge is 2.28. The highest BCUT2D eigenvalue weighted by atomic mass is 16.5. The molecule has 3 nitrogen and oxygen atoms in total. The Labute approximate surface area is 89.7 Å². The molecule has 78 valence electrons. The molecule has 0 aliphatic carbocycles. The van der Waals surface area contributed by atoms with Crippen molar-refractivity contribution >= 4 is 0 Å². The zero-order chi connectivity index (χ0) is 10.7. The second-order valence-corrected chi connectivity index (χ2v) is 3.78. The first-order chi connectivity index (χ1) is 7.35. The lowest BCUT2D eigenvalue weighted by molar-refractivity contribution is 0.413. The van der Waals surface area contributed by atoms with Crippen LogP contribution in [0.25, 0.3) is 0 Å². The first kappa shape index (κ1) is 10.0. The van der Waals surface area contributed by atoms with Gasteiger partial charge in [-0.15, -0.1) is 0 Å². The van der Waals surface area contributed by atoms with E-state index in [0.717, 1.165) is 18.8 Å². The van der Waals surface area contributed by atoms with Crippen molar-refractivity contribution in [3.8, 4) is 11.8 Å². The molecule has 2 rings (SSSR count). The monoisotopic (exact) mass is 202 g/mol. The standard InChI is InChI=1S/C12H14N2O/c1-15-11-4-2-3-9(5-11)12-8-14-7-10(12)6-13/h2-5,10,12,14H,7-8H2,1H3/t10-,12?/m1/s1. The van der Waals surface area contributed by atoms with Crippen LogP contribution in [0.3, 0.4) is 0 Å². The number of hydrogen-bond donors (Lipinski definition) is 1. The minimum Gasteiger partial charge on any atom is -0.497 e. The van der Waals surface area contributed by atoms with Gasteiger partial charge in [-0.2, -0.15) is 5.26 Å². The van der Waals surface area contributed by atoms with Crippen LogP contribution >= 0.6 is 0 Å². The SMILES string of the molecule is COc1cccc(C2CNC[C@H]2C#N)c1. The third kappa shape index (κ3) is 1.95. The number of nitriles is 1. The molecule has 3 heteroatoms. The summed E-state index contributed by atoms with van der Waals surface area (Å²) in [5.74, 6) is 1.23. The molecular weight excluding hydrogens is 188 g/mol. The van der Waals surface area contributed by atoms with Crippen LogP contribution in [0.15, 0.2) is 24.3 Å². The summed E-state index contributed by atoms with van der Waals surface area (Å²) in [5.41, 5.74) is 1.19. The van der Waals surface area contributed by atoms with E-state index in [0.29, 0.717) is 5.92 Å². The minimum atomic E-state index is 0.0807. The fourth-order valence-electron chi connectivity index (χ4n) is 2.04. The lowest BCUT2D eigenvalue weighted by atomic mass is 9.90. The quantitative estimate of drug-likeness (QED) is 0.790. The first-order valence-corrected chi connectivity index (χ1v) is 5.09. The molecule has 1 aromatic rings. The Kier molecular flexibility index (Phi) is 2.89. The smallest absolute Gasteiger partial charge is 0.119 e. The van der Waals surface area contributed by atoms with Crippen LogP contribution in [-0.4, -0.2) is 20.2 Å². The van der Waals surface area contributed by atoms with E-state index in [1.807, 2.05) is 18.2 Å². The molecule has 0 radical (unpaired) electrons. The molecule has 0 amide bonds. The van der Waals surface area contributed by atoms with Gasteiger partial charge in [0.05, 0.1) is 19.1 Å². The molecule has 1 aliphatic rings. The topological polar surface area (TPSA) is 45.0 Å². The predicted molar refractivity (Wildman–Crippen MR) is 57.7 cm³/mol. The second-order valence-electron chi connectivity index (χ2n) is 3.78. The van der Waals surface area contributed by atoms with Crippen LogP contribution in [0.4, 0.5) is 0 Å². The van der Waals surface area contributed by atoms with E-state index in [-0.39, 0.29) is 5.92 Å². The number of rotatable bonds is 2. The molecule has 1 aromatic carbocycles. The molecule has 0 bridgehead atoms. The predicted octanol–water partition coefficient (Wildman–Crippen LogP) is 1.52. The van der Waals surface area contributed by atoms with Gasteiger partial charge in [0.1, 0.15) is 5.75 Å². The van der Waals surface area contributed by atoms with E-state index in [2.05, 4.69) is 17.5 Å². The van der Waals surface area contributed by atoms with Gasteiger partial charge in [-0.1, -0.05) is 12.1 Å². The van der Waals surface area contributed by atoms with Crippen molar-refractivity contribution in [2.24, 2.45) is 5.92 Å². The molecule has 1 unspecified atom stereocenters. The van der Waals surface area contributed by atoms with E-state index >= 15 is 0 Å². The summed E-state index contributed by atoms with van der Waals surface area (Å²) in [6.07, 6.45) is 0. The van der Waals surface area contributed by atoms with Crippen molar-refractivity contribution in [1.29, 1.82) is 5.26 Å². The van der Waals surface area contributed by atoms with Gasteiger partial charge in [0.2, 0.25) is 0 Å². The van der Waals surface area contributed by atoms with Gasteiger partial charge in [-0.05, 0) is 17.7 Å². The maximum Gasteiger partial charge on any atom is 0.119 e. The van der Waals surface area contributed by atoms with Gasteiger partial charge in [0, 0.05) is 19.0 Å². The summed E-state index contributed by atoms with van der Waals surface area (Å²) in [5, 5.41) is 12.2. The highest BCUT2D eigenvalue weighted by Crippen LogP contribution is 2.29. The zero-order valence-electron chi connectivity index (χ0n) is 8.73. The van der Waals surface area contributed by atoms with Gasteiger partial charge >= 0.3 is 0 Å². The summed E-state index contributed by atoms with van der Waals surface area (Å²) in [6, 6.07) is 10.3. The Morgan fingerprint density at radius 2 is 2.33 bits per heavy atom. The maximum absolute atomic E-state index is 9.00. The van der Waals surface area contributed by atoms with Crippen molar-refractivity contribution in [3.63, 3.8) is 0 Å². The van der Waals surface area contributed by atoms with Crippen molar-refractivity contribution in [3.05, 3.63) is 29.8 Å². The van der Waals surface area contributed by atoms with E-state index in [1.54, 1.807) is 7.11 Å². The van der Waals surface area contributed by atoms with Gasteiger partial charge < -0.3 is 10.1 Å². The molecule has 2 atom stereocenters. The molecule has 15 heavy (non-hydrogen) atoms. The van der Waals surface area contributed by atoms with Crippen LogP contribution in [0, 0.1) is 17.2 Å². The van der Waals surface area contributed by atoms with Crippen molar-refractivity contribution in [2.45, 2.75) is 5.92 Å². The van der Waals surface area contributed by atoms with Crippen LogP contribution in [-0.2, 0) is 0 Å². The molecule has 1 saturated heterocycles. The zero-order valence-corrected chi connectivity index (χ0v) is 8.73. The first-order valence-electron chi connectivity index (χ1n) is 5.09. The third-order valence-corrected chi connectivity index (χ3v) is 2.90. The number of methoxy groups -OCH3 is 1. The summed E-state index contributed by atoms with van der Waals surface area (Å²) in [6.45, 7) is 1.67. The third-order valence-electron chi connectivity index (χ3n) is 2.90. The number of hydrogen-bond acceptors (Lipinski definition) is 3. The number of ether oxygens (including phenoxy) is 1. The molecule has 0 spiro atoms. The van der Waals surface area contributed by atoms with Crippen LogP contribution in [0.2, 0.25) is 0 Å². The average molecular weight is 202 g/mol. The Bertz CT molecular complexity index is 383. The molecule has 1 heterocycles. The van der Waals surface area contributed by atoms with Crippen molar-refractivity contribution < 1.29 is 4.74 Å². The summed E-state index contributed by atoms with van der Waals surface area (Å²) >= 11 is 0. The van der Waals surface area contributed by atoms with Crippen molar-refractivity contribution in [2.75, 3.05) is 20.2 Å².